The molecule has 0 saturated heterocycles. The minimum Gasteiger partial charge on any atom is -0.396 e. The summed E-state index contributed by atoms with van der Waals surface area (Å²) < 4.78 is 13.4. The summed E-state index contributed by atoms with van der Waals surface area (Å²) in [5.74, 6) is 0.579. The number of hydrogen-bond acceptors (Lipinski definition) is 4. The molecule has 0 atom stereocenters. The number of hydrogen-bond donors (Lipinski definition) is 2. The smallest absolute Gasteiger partial charge is 0.136 e. The molecule has 5 heteroatoms. The topological polar surface area (TPSA) is 43.7 Å². The summed E-state index contributed by atoms with van der Waals surface area (Å²) in [5.41, 5.74) is -0.489. The SMILES string of the molecule is CN(CCSc1ccccc1F)CC(C)(CO)CO. The molecule has 2 N–H and O–H groups in total. The lowest BCUT2D eigenvalue weighted by Gasteiger charge is -2.30. The van der Waals surface area contributed by atoms with Crippen LogP contribution in [0.1, 0.15) is 6.92 Å². The Labute approximate surface area is 118 Å². The van der Waals surface area contributed by atoms with Crippen LogP contribution in [0.2, 0.25) is 0 Å². The van der Waals surface area contributed by atoms with Gasteiger partial charge in [-0.15, -0.1) is 11.8 Å². The molecule has 0 bridgehead atoms. The summed E-state index contributed by atoms with van der Waals surface area (Å²) in [6.45, 7) is 3.13. The van der Waals surface area contributed by atoms with Crippen LogP contribution in [0.25, 0.3) is 0 Å². The molecule has 1 aromatic carbocycles. The van der Waals surface area contributed by atoms with Gasteiger partial charge in [-0.1, -0.05) is 19.1 Å². The number of nitrogens with zero attached hydrogens (tertiary/aromatic N) is 1. The lowest BCUT2D eigenvalue weighted by Crippen LogP contribution is -2.39. The maximum Gasteiger partial charge on any atom is 0.136 e. The molecule has 19 heavy (non-hydrogen) atoms. The van der Waals surface area contributed by atoms with Gasteiger partial charge in [0.25, 0.3) is 0 Å². The molecule has 0 fully saturated rings. The number of aliphatic hydroxyl groups is 2. The van der Waals surface area contributed by atoms with Crippen molar-refractivity contribution in [3.63, 3.8) is 0 Å². The van der Waals surface area contributed by atoms with Crippen molar-refractivity contribution in [1.29, 1.82) is 0 Å². The minimum absolute atomic E-state index is 0.0473. The van der Waals surface area contributed by atoms with Crippen LogP contribution in [0, 0.1) is 11.2 Å². The maximum atomic E-state index is 13.4. The van der Waals surface area contributed by atoms with E-state index < -0.39 is 5.41 Å². The second-order valence-electron chi connectivity index (χ2n) is 5.14. The number of thioether (sulfide) groups is 1. The standard InChI is InChI=1S/C14H22FNO2S/c1-14(10-17,11-18)9-16(2)7-8-19-13-6-4-3-5-12(13)15/h3-6,17-18H,7-11H2,1-2H3. The van der Waals surface area contributed by atoms with Gasteiger partial charge in [0.1, 0.15) is 5.82 Å². The predicted octanol–water partition coefficient (Wildman–Crippen LogP) is 1.84. The average Bonchev–Trinajstić information content (AvgIpc) is 2.41. The highest BCUT2D eigenvalue weighted by molar-refractivity contribution is 7.99. The molecule has 0 aliphatic heterocycles. The van der Waals surface area contributed by atoms with Gasteiger partial charge in [0.15, 0.2) is 0 Å². The lowest BCUT2D eigenvalue weighted by molar-refractivity contribution is 0.0435. The van der Waals surface area contributed by atoms with Crippen molar-refractivity contribution in [2.45, 2.75) is 11.8 Å². The third kappa shape index (κ3) is 5.48. The molecule has 0 aromatic heterocycles. The third-order valence-corrected chi connectivity index (χ3v) is 4.01. The Kier molecular flexibility index (Phi) is 6.79. The third-order valence-electron chi connectivity index (χ3n) is 2.98. The van der Waals surface area contributed by atoms with Gasteiger partial charge >= 0.3 is 0 Å². The molecule has 0 unspecified atom stereocenters. The normalized spacial score (nSPS) is 12.1. The molecular weight excluding hydrogens is 265 g/mol. The van der Waals surface area contributed by atoms with Crippen molar-refractivity contribution in [1.82, 2.24) is 4.90 Å². The fourth-order valence-corrected chi connectivity index (χ4v) is 2.76. The van der Waals surface area contributed by atoms with Gasteiger partial charge in [-0.3, -0.25) is 0 Å². The fraction of sp³-hybridized carbons (Fsp3) is 0.571. The zero-order valence-corrected chi connectivity index (χ0v) is 12.3. The van der Waals surface area contributed by atoms with E-state index >= 15 is 0 Å². The van der Waals surface area contributed by atoms with Gasteiger partial charge in [0, 0.05) is 29.2 Å². The van der Waals surface area contributed by atoms with Crippen molar-refractivity contribution in [2.24, 2.45) is 5.41 Å². The van der Waals surface area contributed by atoms with Crippen LogP contribution in [0.4, 0.5) is 4.39 Å². The molecule has 0 aliphatic carbocycles. The zero-order valence-electron chi connectivity index (χ0n) is 11.5. The Morgan fingerprint density at radius 1 is 1.26 bits per heavy atom. The van der Waals surface area contributed by atoms with E-state index in [-0.39, 0.29) is 19.0 Å². The van der Waals surface area contributed by atoms with Crippen molar-refractivity contribution < 1.29 is 14.6 Å². The highest BCUT2D eigenvalue weighted by Crippen LogP contribution is 2.21. The molecule has 1 aromatic rings. The molecule has 108 valence electrons. The van der Waals surface area contributed by atoms with E-state index in [2.05, 4.69) is 0 Å². The van der Waals surface area contributed by atoms with E-state index in [1.165, 1.54) is 17.8 Å². The van der Waals surface area contributed by atoms with Crippen molar-refractivity contribution in [3.8, 4) is 0 Å². The highest BCUT2D eigenvalue weighted by Gasteiger charge is 2.24. The first-order valence-corrected chi connectivity index (χ1v) is 7.27. The summed E-state index contributed by atoms with van der Waals surface area (Å²) in [7, 11) is 1.94. The van der Waals surface area contributed by atoms with Gasteiger partial charge in [-0.2, -0.15) is 0 Å². The van der Waals surface area contributed by atoms with Crippen molar-refractivity contribution in [2.75, 3.05) is 39.1 Å². The van der Waals surface area contributed by atoms with Crippen LogP contribution in [-0.2, 0) is 0 Å². The minimum atomic E-state index is -0.489. The first-order valence-electron chi connectivity index (χ1n) is 6.28. The van der Waals surface area contributed by atoms with E-state index in [0.717, 1.165) is 12.3 Å². The van der Waals surface area contributed by atoms with Crippen molar-refractivity contribution >= 4 is 11.8 Å². The Hall–Kier alpha value is -0.620. The predicted molar refractivity (Wildman–Crippen MR) is 76.9 cm³/mol. The van der Waals surface area contributed by atoms with Crippen molar-refractivity contribution in [3.05, 3.63) is 30.1 Å². The highest BCUT2D eigenvalue weighted by atomic mass is 32.2. The van der Waals surface area contributed by atoms with Gasteiger partial charge in [-0.25, -0.2) is 4.39 Å². The molecule has 0 radical (unpaired) electrons. The Bertz CT molecular complexity index is 385. The number of aliphatic hydroxyl groups excluding tert-OH is 2. The summed E-state index contributed by atoms with van der Waals surface area (Å²) in [5, 5.41) is 18.5. The number of rotatable bonds is 8. The summed E-state index contributed by atoms with van der Waals surface area (Å²) in [6, 6.07) is 6.73. The van der Waals surface area contributed by atoms with Crippen LogP contribution >= 0.6 is 11.8 Å². The van der Waals surface area contributed by atoms with Crippen LogP contribution in [-0.4, -0.2) is 54.2 Å². The molecule has 0 spiro atoms. The molecule has 0 heterocycles. The lowest BCUT2D eigenvalue weighted by atomic mass is 9.92. The quantitative estimate of drug-likeness (QED) is 0.716. The first-order chi connectivity index (χ1) is 9.00. The van der Waals surface area contributed by atoms with E-state index in [4.69, 9.17) is 0 Å². The second-order valence-corrected chi connectivity index (χ2v) is 6.28. The molecule has 0 amide bonds. The van der Waals surface area contributed by atoms with E-state index in [0.29, 0.717) is 11.4 Å². The van der Waals surface area contributed by atoms with Gasteiger partial charge in [0.2, 0.25) is 0 Å². The molecule has 0 saturated carbocycles. The van der Waals surface area contributed by atoms with E-state index in [1.807, 2.05) is 24.9 Å². The average molecular weight is 287 g/mol. The number of benzene rings is 1. The maximum absolute atomic E-state index is 13.4. The van der Waals surface area contributed by atoms with Gasteiger partial charge in [-0.05, 0) is 19.2 Å². The zero-order chi connectivity index (χ0) is 14.3. The van der Waals surface area contributed by atoms with Gasteiger partial charge < -0.3 is 15.1 Å². The molecular formula is C14H22FNO2S. The summed E-state index contributed by atoms with van der Waals surface area (Å²) in [6.07, 6.45) is 0. The summed E-state index contributed by atoms with van der Waals surface area (Å²) >= 11 is 1.47. The Balaban J connectivity index is 2.35. The van der Waals surface area contributed by atoms with Crippen LogP contribution in [0.3, 0.4) is 0 Å². The second kappa shape index (κ2) is 7.85. The first kappa shape index (κ1) is 16.4. The van der Waals surface area contributed by atoms with Crippen LogP contribution in [0.15, 0.2) is 29.2 Å². The van der Waals surface area contributed by atoms with Gasteiger partial charge in [0.05, 0.1) is 13.2 Å². The molecule has 1 rings (SSSR count). The number of halogens is 1. The van der Waals surface area contributed by atoms with Crippen LogP contribution < -0.4 is 0 Å². The monoisotopic (exact) mass is 287 g/mol. The molecule has 0 aliphatic rings. The Morgan fingerprint density at radius 2 is 1.89 bits per heavy atom. The fourth-order valence-electron chi connectivity index (χ4n) is 1.75. The van der Waals surface area contributed by atoms with Crippen LogP contribution in [0.5, 0.6) is 0 Å². The van der Waals surface area contributed by atoms with E-state index in [9.17, 15) is 14.6 Å². The largest absolute Gasteiger partial charge is 0.396 e. The summed E-state index contributed by atoms with van der Waals surface area (Å²) in [4.78, 5) is 2.70. The molecule has 3 nitrogen and oxygen atoms in total. The Morgan fingerprint density at radius 3 is 2.47 bits per heavy atom. The van der Waals surface area contributed by atoms with E-state index in [1.54, 1.807) is 12.1 Å².